The number of phenolic OH excluding ortho intramolecular Hbond substituents is 1. The lowest BCUT2D eigenvalue weighted by Crippen LogP contribution is -2.58. The molecule has 1 saturated heterocycles. The number of primary amides is 1. The molecule has 1 aliphatic heterocycles. The molecule has 1 aromatic rings. The van der Waals surface area contributed by atoms with Crippen LogP contribution in [0.25, 0.3) is 5.76 Å². The van der Waals surface area contributed by atoms with Crippen LogP contribution >= 0.6 is 0 Å². The summed E-state index contributed by atoms with van der Waals surface area (Å²) in [6.45, 7) is 2.59. The van der Waals surface area contributed by atoms with Gasteiger partial charge in [0.05, 0.1) is 5.56 Å². The third-order valence-electron chi connectivity index (χ3n) is 7.89. The molecule has 9 heteroatoms. The smallest absolute Gasteiger partial charge is 0.255 e. The summed E-state index contributed by atoms with van der Waals surface area (Å²) < 4.78 is 0. The second kappa shape index (κ2) is 7.95. The average molecular weight is 469 g/mol. The van der Waals surface area contributed by atoms with Crippen molar-refractivity contribution in [2.45, 2.75) is 50.7 Å². The van der Waals surface area contributed by atoms with Crippen molar-refractivity contribution in [2.75, 3.05) is 13.1 Å². The molecular weight excluding hydrogens is 440 g/mol. The molecule has 0 spiro atoms. The first-order chi connectivity index (χ1) is 16.1. The minimum atomic E-state index is -2.53. The normalized spacial score (nSPS) is 29.6. The number of aliphatic hydroxyl groups is 3. The molecule has 180 valence electrons. The standard InChI is InChI=1S/C25H28N2O7/c26-24(33)20-17(29)10-14-8-13-9-15-12(11-27-6-2-1-3-7-27)4-5-16(28)19(15)21(30)18(13)22(31)25(14,34)23(20)32/h4-5,13-14,28,30,32,34H,1-3,6-11H2,(H2,26,33)/t13-,14?,25+/m1/s1. The van der Waals surface area contributed by atoms with Gasteiger partial charge in [0.25, 0.3) is 5.91 Å². The van der Waals surface area contributed by atoms with Crippen LogP contribution in [0, 0.1) is 11.8 Å². The number of Topliss-reactive ketones (excluding diaryl/α,β-unsaturated/α-hetero) is 2. The zero-order valence-electron chi connectivity index (χ0n) is 18.7. The summed E-state index contributed by atoms with van der Waals surface area (Å²) in [6.07, 6.45) is 3.59. The minimum absolute atomic E-state index is 0.110. The topological polar surface area (TPSA) is 161 Å². The lowest BCUT2D eigenvalue weighted by atomic mass is 9.59. The Hall–Kier alpha value is -3.17. The van der Waals surface area contributed by atoms with E-state index in [0.29, 0.717) is 13.0 Å². The second-order valence-electron chi connectivity index (χ2n) is 9.84. The Bertz CT molecular complexity index is 1180. The first-order valence-corrected chi connectivity index (χ1v) is 11.7. The molecule has 1 heterocycles. The molecule has 0 radical (unpaired) electrons. The average Bonchev–Trinajstić information content (AvgIpc) is 2.78. The Morgan fingerprint density at radius 3 is 2.47 bits per heavy atom. The van der Waals surface area contributed by atoms with Gasteiger partial charge in [-0.25, -0.2) is 0 Å². The van der Waals surface area contributed by atoms with Crippen LogP contribution in [0.5, 0.6) is 5.75 Å². The lowest BCUT2D eigenvalue weighted by Gasteiger charge is -2.46. The molecule has 5 rings (SSSR count). The number of amides is 1. The van der Waals surface area contributed by atoms with E-state index in [1.54, 1.807) is 0 Å². The van der Waals surface area contributed by atoms with E-state index < -0.39 is 52.0 Å². The summed E-state index contributed by atoms with van der Waals surface area (Å²) in [5.41, 5.74) is 3.64. The number of likely N-dealkylation sites (tertiary alicyclic amines) is 1. The molecule has 4 aliphatic rings. The highest BCUT2D eigenvalue weighted by molar-refractivity contribution is 6.22. The highest BCUT2D eigenvalue weighted by Crippen LogP contribution is 2.52. The Labute approximate surface area is 196 Å². The Morgan fingerprint density at radius 1 is 1.09 bits per heavy atom. The SMILES string of the molecule is NC(=O)C1=C(O)[C@@]2(O)C(=O)C3=C(O)c4c(O)ccc(CN5CCCCC5)c4C[C@H]3CC2CC1=O. The number of fused-ring (bicyclic) bond motifs is 3. The van der Waals surface area contributed by atoms with E-state index >= 15 is 0 Å². The van der Waals surface area contributed by atoms with Gasteiger partial charge in [-0.2, -0.15) is 0 Å². The number of carbonyl (C=O) groups is 3. The Balaban J connectivity index is 1.61. The summed E-state index contributed by atoms with van der Waals surface area (Å²) in [7, 11) is 0. The maximum atomic E-state index is 13.5. The largest absolute Gasteiger partial charge is 0.508 e. The summed E-state index contributed by atoms with van der Waals surface area (Å²) in [6, 6.07) is 3.32. The van der Waals surface area contributed by atoms with Crippen LogP contribution in [0.3, 0.4) is 0 Å². The number of benzene rings is 1. The van der Waals surface area contributed by atoms with Crippen molar-refractivity contribution in [1.82, 2.24) is 4.90 Å². The Morgan fingerprint density at radius 2 is 1.79 bits per heavy atom. The molecule has 1 amide bonds. The molecule has 1 aromatic carbocycles. The quantitative estimate of drug-likeness (QED) is 0.416. The number of phenols is 1. The number of piperidine rings is 1. The summed E-state index contributed by atoms with van der Waals surface area (Å²) in [4.78, 5) is 40.0. The highest BCUT2D eigenvalue weighted by atomic mass is 16.3. The van der Waals surface area contributed by atoms with E-state index in [0.717, 1.165) is 37.1 Å². The van der Waals surface area contributed by atoms with E-state index in [2.05, 4.69) is 4.90 Å². The van der Waals surface area contributed by atoms with Crippen molar-refractivity contribution in [3.05, 3.63) is 45.7 Å². The molecule has 34 heavy (non-hydrogen) atoms. The number of nitrogens with two attached hydrogens (primary N) is 1. The lowest BCUT2D eigenvalue weighted by molar-refractivity contribution is -0.147. The maximum absolute atomic E-state index is 13.5. The van der Waals surface area contributed by atoms with E-state index in [1.807, 2.05) is 6.07 Å². The van der Waals surface area contributed by atoms with Crippen LogP contribution in [0.15, 0.2) is 29.0 Å². The number of nitrogens with zero attached hydrogens (tertiary/aromatic N) is 1. The van der Waals surface area contributed by atoms with Crippen molar-refractivity contribution >= 4 is 23.2 Å². The highest BCUT2D eigenvalue weighted by Gasteiger charge is 2.60. The van der Waals surface area contributed by atoms with Gasteiger partial charge in [0.2, 0.25) is 5.78 Å². The van der Waals surface area contributed by atoms with E-state index in [9.17, 15) is 34.8 Å². The molecule has 3 atom stereocenters. The van der Waals surface area contributed by atoms with Gasteiger partial charge in [-0.15, -0.1) is 0 Å². The van der Waals surface area contributed by atoms with Gasteiger partial charge >= 0.3 is 0 Å². The van der Waals surface area contributed by atoms with Gasteiger partial charge in [0, 0.05) is 24.5 Å². The van der Waals surface area contributed by atoms with Crippen LogP contribution < -0.4 is 5.73 Å². The van der Waals surface area contributed by atoms with Crippen LogP contribution in [0.4, 0.5) is 0 Å². The number of aromatic hydroxyl groups is 1. The van der Waals surface area contributed by atoms with Crippen LogP contribution in [-0.4, -0.2) is 61.5 Å². The van der Waals surface area contributed by atoms with Crippen LogP contribution in [0.2, 0.25) is 0 Å². The van der Waals surface area contributed by atoms with Gasteiger partial charge in [0.1, 0.15) is 22.8 Å². The van der Waals surface area contributed by atoms with Gasteiger partial charge in [-0.3, -0.25) is 19.3 Å². The monoisotopic (exact) mass is 468 g/mol. The van der Waals surface area contributed by atoms with Gasteiger partial charge in [-0.05, 0) is 61.9 Å². The molecule has 9 nitrogen and oxygen atoms in total. The minimum Gasteiger partial charge on any atom is -0.508 e. The molecule has 0 aromatic heterocycles. The van der Waals surface area contributed by atoms with Gasteiger partial charge in [0.15, 0.2) is 11.4 Å². The summed E-state index contributed by atoms with van der Waals surface area (Å²) >= 11 is 0. The third-order valence-corrected chi connectivity index (χ3v) is 7.89. The van der Waals surface area contributed by atoms with Crippen molar-refractivity contribution in [2.24, 2.45) is 17.6 Å². The summed E-state index contributed by atoms with van der Waals surface area (Å²) in [5, 5.41) is 43.7. The number of rotatable bonds is 3. The van der Waals surface area contributed by atoms with Crippen molar-refractivity contribution in [3.63, 3.8) is 0 Å². The third kappa shape index (κ3) is 3.18. The number of ketones is 2. The van der Waals surface area contributed by atoms with E-state index in [1.165, 1.54) is 12.5 Å². The van der Waals surface area contributed by atoms with E-state index in [-0.39, 0.29) is 29.7 Å². The zero-order valence-corrected chi connectivity index (χ0v) is 18.7. The van der Waals surface area contributed by atoms with Gasteiger partial charge < -0.3 is 26.2 Å². The van der Waals surface area contributed by atoms with Crippen LogP contribution in [-0.2, 0) is 27.3 Å². The zero-order chi connectivity index (χ0) is 24.4. The van der Waals surface area contributed by atoms with Gasteiger partial charge in [-0.1, -0.05) is 12.5 Å². The summed E-state index contributed by atoms with van der Waals surface area (Å²) in [5.74, 6) is -6.06. The van der Waals surface area contributed by atoms with Crippen molar-refractivity contribution < 1.29 is 34.8 Å². The fourth-order valence-electron chi connectivity index (χ4n) is 6.19. The van der Waals surface area contributed by atoms with Crippen LogP contribution in [0.1, 0.15) is 48.8 Å². The molecule has 1 unspecified atom stereocenters. The predicted octanol–water partition coefficient (Wildman–Crippen LogP) is 1.41. The second-order valence-corrected chi connectivity index (χ2v) is 9.84. The first kappa shape index (κ1) is 22.6. The molecule has 0 bridgehead atoms. The molecule has 2 fully saturated rings. The van der Waals surface area contributed by atoms with E-state index in [4.69, 9.17) is 5.73 Å². The maximum Gasteiger partial charge on any atom is 0.255 e. The fourth-order valence-corrected chi connectivity index (χ4v) is 6.19. The van der Waals surface area contributed by atoms with Crippen molar-refractivity contribution in [1.29, 1.82) is 0 Å². The Kier molecular flexibility index (Phi) is 5.29. The number of hydrogen-bond acceptors (Lipinski definition) is 8. The molecule has 3 aliphatic carbocycles. The number of hydrogen-bond donors (Lipinski definition) is 5. The number of carbonyl (C=O) groups excluding carboxylic acids is 3. The fraction of sp³-hybridized carbons (Fsp3) is 0.480. The molecule has 1 saturated carbocycles. The first-order valence-electron chi connectivity index (χ1n) is 11.7. The molecule has 6 N–H and O–H groups in total. The van der Waals surface area contributed by atoms with Crippen molar-refractivity contribution in [3.8, 4) is 5.75 Å². The molecular formula is C25H28N2O7. The number of aliphatic hydroxyl groups excluding tert-OH is 2. The predicted molar refractivity (Wildman–Crippen MR) is 121 cm³/mol.